The molecule has 1 saturated heterocycles. The Bertz CT molecular complexity index is 759. The third-order valence-corrected chi connectivity index (χ3v) is 4.72. The molecule has 1 amide bonds. The molecule has 6 nitrogen and oxygen atoms in total. The van der Waals surface area contributed by atoms with Crippen LogP contribution in [0.4, 0.5) is 5.82 Å². The molecular weight excluding hydrogens is 385 g/mol. The zero-order chi connectivity index (χ0) is 19.6. The van der Waals surface area contributed by atoms with Gasteiger partial charge in [0.1, 0.15) is 10.9 Å². The highest BCUT2D eigenvalue weighted by Crippen LogP contribution is 2.24. The van der Waals surface area contributed by atoms with E-state index >= 15 is 0 Å². The van der Waals surface area contributed by atoms with Crippen LogP contribution in [-0.2, 0) is 11.2 Å². The first-order valence-corrected chi connectivity index (χ1v) is 9.50. The number of carbonyl (C=O) groups is 1. The van der Waals surface area contributed by atoms with Crippen molar-refractivity contribution in [2.75, 3.05) is 18.0 Å². The highest BCUT2D eigenvalue weighted by molar-refractivity contribution is 6.44. The van der Waals surface area contributed by atoms with E-state index in [1.807, 2.05) is 35.2 Å². The molecule has 2 heterocycles. The Morgan fingerprint density at radius 2 is 2.04 bits per heavy atom. The number of aryl methyl sites for hydroxylation is 1. The van der Waals surface area contributed by atoms with Crippen LogP contribution in [-0.4, -0.2) is 35.7 Å². The number of hydrogen-bond acceptors (Lipinski definition) is 5. The van der Waals surface area contributed by atoms with Crippen molar-refractivity contribution >= 4 is 35.4 Å². The van der Waals surface area contributed by atoms with Crippen molar-refractivity contribution < 1.29 is 4.79 Å². The molecule has 1 atom stereocenters. The number of nitrogens with one attached hydrogen (secondary N) is 1. The fraction of sp³-hybridized carbons (Fsp3) is 0.368. The second-order valence-corrected chi connectivity index (χ2v) is 7.10. The molecule has 1 aliphatic heterocycles. The summed E-state index contributed by atoms with van der Waals surface area (Å²) in [5.41, 5.74) is 2.58. The second kappa shape index (κ2) is 10.7. The monoisotopic (exact) mass is 405 g/mol. The molecular formula is C19H21Cl2N5O. The predicted octanol–water partition coefficient (Wildman–Crippen LogP) is 3.40. The molecule has 0 spiro atoms. The van der Waals surface area contributed by atoms with E-state index in [4.69, 9.17) is 28.5 Å². The summed E-state index contributed by atoms with van der Waals surface area (Å²) in [6, 6.07) is 13.5. The van der Waals surface area contributed by atoms with E-state index in [-0.39, 0.29) is 6.04 Å². The number of benzene rings is 1. The lowest BCUT2D eigenvalue weighted by molar-refractivity contribution is -0.110. The number of halogens is 2. The topological polar surface area (TPSA) is 81.9 Å². The van der Waals surface area contributed by atoms with Crippen molar-refractivity contribution in [1.82, 2.24) is 15.5 Å². The summed E-state index contributed by atoms with van der Waals surface area (Å²) in [7, 11) is 0. The molecule has 1 aromatic heterocycles. The molecule has 0 aliphatic carbocycles. The van der Waals surface area contributed by atoms with Crippen molar-refractivity contribution in [1.29, 1.82) is 5.26 Å². The first-order valence-electron chi connectivity index (χ1n) is 8.62. The van der Waals surface area contributed by atoms with Crippen LogP contribution in [0.3, 0.4) is 0 Å². The summed E-state index contributed by atoms with van der Waals surface area (Å²) < 4.78 is 0. The van der Waals surface area contributed by atoms with Crippen LogP contribution in [0.25, 0.3) is 0 Å². The second-order valence-electron chi connectivity index (χ2n) is 6.00. The van der Waals surface area contributed by atoms with E-state index in [1.165, 1.54) is 5.56 Å². The minimum atomic E-state index is -0.402. The summed E-state index contributed by atoms with van der Waals surface area (Å²) in [4.78, 5) is 11.9. The Morgan fingerprint density at radius 1 is 1.30 bits per heavy atom. The first kappa shape index (κ1) is 20.9. The van der Waals surface area contributed by atoms with Crippen LogP contribution < -0.4 is 10.2 Å². The Hall–Kier alpha value is -2.36. The summed E-state index contributed by atoms with van der Waals surface area (Å²) in [6.45, 7) is 3.69. The van der Waals surface area contributed by atoms with Gasteiger partial charge in [-0.05, 0) is 36.1 Å². The zero-order valence-corrected chi connectivity index (χ0v) is 16.5. The van der Waals surface area contributed by atoms with Gasteiger partial charge >= 0.3 is 0 Å². The Morgan fingerprint density at radius 3 is 2.56 bits per heavy atom. The lowest BCUT2D eigenvalue weighted by Crippen LogP contribution is -2.31. The van der Waals surface area contributed by atoms with Gasteiger partial charge in [0, 0.05) is 19.1 Å². The fourth-order valence-corrected chi connectivity index (χ4v) is 2.94. The molecule has 27 heavy (non-hydrogen) atoms. The minimum Gasteiger partial charge on any atom is -0.354 e. The largest absolute Gasteiger partial charge is 0.354 e. The van der Waals surface area contributed by atoms with E-state index in [9.17, 15) is 4.79 Å². The average Bonchev–Trinajstić information content (AvgIpc) is 3.17. The molecule has 1 N–H and O–H groups in total. The van der Waals surface area contributed by atoms with Crippen molar-refractivity contribution in [3.8, 4) is 6.07 Å². The van der Waals surface area contributed by atoms with Gasteiger partial charge in [0.15, 0.2) is 11.5 Å². The van der Waals surface area contributed by atoms with Gasteiger partial charge in [0.05, 0.1) is 0 Å². The predicted molar refractivity (Wildman–Crippen MR) is 107 cm³/mol. The highest BCUT2D eigenvalue weighted by Gasteiger charge is 2.22. The van der Waals surface area contributed by atoms with Gasteiger partial charge in [-0.25, -0.2) is 0 Å². The van der Waals surface area contributed by atoms with Crippen LogP contribution in [0.15, 0.2) is 36.4 Å². The molecule has 0 bridgehead atoms. The molecule has 0 radical (unpaired) electrons. The van der Waals surface area contributed by atoms with E-state index in [2.05, 4.69) is 22.4 Å². The first-order chi connectivity index (χ1) is 13.1. The zero-order valence-electron chi connectivity index (χ0n) is 15.0. The molecule has 3 rings (SSSR count). The van der Waals surface area contributed by atoms with Gasteiger partial charge < -0.3 is 10.2 Å². The Kier molecular flexibility index (Phi) is 8.31. The molecule has 2 aromatic rings. The third kappa shape index (κ3) is 6.38. The average molecular weight is 406 g/mol. The Labute approximate surface area is 169 Å². The molecule has 0 saturated carbocycles. The lowest BCUT2D eigenvalue weighted by atomic mass is 10.1. The Balaban J connectivity index is 0.000000208. The van der Waals surface area contributed by atoms with Crippen LogP contribution in [0.2, 0.25) is 0 Å². The van der Waals surface area contributed by atoms with Crippen molar-refractivity contribution in [2.45, 2.75) is 30.6 Å². The fourth-order valence-electron chi connectivity index (χ4n) is 2.65. The van der Waals surface area contributed by atoms with Gasteiger partial charge in [-0.2, -0.15) is 5.26 Å². The summed E-state index contributed by atoms with van der Waals surface area (Å²) in [5.74, 6) is 0.745. The van der Waals surface area contributed by atoms with Gasteiger partial charge in [-0.3, -0.25) is 4.79 Å². The summed E-state index contributed by atoms with van der Waals surface area (Å²) in [5, 5.41) is 19.1. The van der Waals surface area contributed by atoms with Gasteiger partial charge in [0.2, 0.25) is 6.41 Å². The van der Waals surface area contributed by atoms with Crippen molar-refractivity contribution in [3.63, 3.8) is 0 Å². The number of hydrogen-bond donors (Lipinski definition) is 1. The van der Waals surface area contributed by atoms with Crippen LogP contribution >= 0.6 is 23.2 Å². The number of carbonyl (C=O) groups excluding carboxylic acids is 1. The van der Waals surface area contributed by atoms with Crippen LogP contribution in [0, 0.1) is 11.3 Å². The van der Waals surface area contributed by atoms with E-state index in [1.54, 1.807) is 12.1 Å². The number of alkyl halides is 2. The van der Waals surface area contributed by atoms with Crippen molar-refractivity contribution in [3.05, 3.63) is 53.2 Å². The van der Waals surface area contributed by atoms with Gasteiger partial charge in [0.25, 0.3) is 0 Å². The molecule has 1 fully saturated rings. The summed E-state index contributed by atoms with van der Waals surface area (Å²) >= 11 is 11.3. The number of nitrogens with zero attached hydrogens (tertiary/aromatic N) is 4. The van der Waals surface area contributed by atoms with E-state index in [0.717, 1.165) is 43.7 Å². The van der Waals surface area contributed by atoms with Crippen LogP contribution in [0.5, 0.6) is 0 Å². The maximum absolute atomic E-state index is 10.3. The number of anilines is 1. The minimum absolute atomic E-state index is 0.176. The SMILES string of the molecule is CCc1ccc(C(Cl)Cl)cc1.N#Cc1ccc(N2CCC(NC=O)C2)nn1. The number of rotatable bonds is 5. The summed E-state index contributed by atoms with van der Waals surface area (Å²) in [6.07, 6.45) is 2.68. The standard InChI is InChI=1S/C10H11N5O.C9H10Cl2/c11-5-8-1-2-10(14-13-8)15-4-3-9(6-15)12-7-16;1-2-7-3-5-8(6-4-7)9(10)11/h1-2,7,9H,3-4,6H2,(H,12,16);3-6,9H,2H2,1H3. The number of nitriles is 1. The van der Waals surface area contributed by atoms with Gasteiger partial charge in [-0.1, -0.05) is 31.2 Å². The van der Waals surface area contributed by atoms with Gasteiger partial charge in [-0.15, -0.1) is 33.4 Å². The molecule has 1 aromatic carbocycles. The number of amides is 1. The molecule has 1 aliphatic rings. The van der Waals surface area contributed by atoms with Crippen LogP contribution in [0.1, 0.15) is 35.0 Å². The quantitative estimate of drug-likeness (QED) is 0.608. The molecule has 1 unspecified atom stereocenters. The van der Waals surface area contributed by atoms with Crippen molar-refractivity contribution in [2.24, 2.45) is 0 Å². The van der Waals surface area contributed by atoms with E-state index in [0.29, 0.717) is 5.69 Å². The third-order valence-electron chi connectivity index (χ3n) is 4.22. The highest BCUT2D eigenvalue weighted by atomic mass is 35.5. The maximum Gasteiger partial charge on any atom is 0.207 e. The smallest absolute Gasteiger partial charge is 0.207 e. The number of aromatic nitrogens is 2. The maximum atomic E-state index is 10.3. The molecule has 8 heteroatoms. The van der Waals surface area contributed by atoms with E-state index < -0.39 is 4.84 Å². The lowest BCUT2D eigenvalue weighted by Gasteiger charge is -2.16. The normalized spacial score (nSPS) is 15.7. The molecule has 142 valence electrons.